The standard InChI is InChI=1S/C20H24N2O4/c1-14(2)13-18(19(23)25-3)22-20(24)21-15-9-11-17(12-10-15)26-16-7-5-4-6-8-16/h4-12,14,18H,13H2,1-3H3,(H2,21,22,24)/t18-/m0/s1. The van der Waals surface area contributed by atoms with Gasteiger partial charge in [-0.15, -0.1) is 0 Å². The lowest BCUT2D eigenvalue weighted by Gasteiger charge is -2.18. The summed E-state index contributed by atoms with van der Waals surface area (Å²) in [5, 5.41) is 5.35. The highest BCUT2D eigenvalue weighted by molar-refractivity contribution is 5.92. The second kappa shape index (κ2) is 9.46. The van der Waals surface area contributed by atoms with Gasteiger partial charge in [0.05, 0.1) is 7.11 Å². The molecule has 0 bridgehead atoms. The molecule has 0 spiro atoms. The van der Waals surface area contributed by atoms with Crippen LogP contribution in [0.15, 0.2) is 54.6 Å². The van der Waals surface area contributed by atoms with E-state index in [-0.39, 0.29) is 5.92 Å². The Morgan fingerprint density at radius 3 is 2.15 bits per heavy atom. The first-order chi connectivity index (χ1) is 12.5. The summed E-state index contributed by atoms with van der Waals surface area (Å²) in [6.07, 6.45) is 0.504. The number of rotatable bonds is 7. The number of hydrogen-bond acceptors (Lipinski definition) is 4. The minimum atomic E-state index is -0.680. The SMILES string of the molecule is COC(=O)[C@H](CC(C)C)NC(=O)Nc1ccc(Oc2ccccc2)cc1. The van der Waals surface area contributed by atoms with Crippen molar-refractivity contribution >= 4 is 17.7 Å². The highest BCUT2D eigenvalue weighted by Crippen LogP contribution is 2.22. The minimum Gasteiger partial charge on any atom is -0.467 e. The molecule has 0 aliphatic carbocycles. The molecule has 138 valence electrons. The van der Waals surface area contributed by atoms with Crippen molar-refractivity contribution in [2.75, 3.05) is 12.4 Å². The van der Waals surface area contributed by atoms with Gasteiger partial charge < -0.3 is 20.1 Å². The molecule has 6 heteroatoms. The molecule has 26 heavy (non-hydrogen) atoms. The topological polar surface area (TPSA) is 76.7 Å². The van der Waals surface area contributed by atoms with Gasteiger partial charge in [-0.05, 0) is 48.7 Å². The zero-order chi connectivity index (χ0) is 18.9. The number of urea groups is 1. The molecule has 6 nitrogen and oxygen atoms in total. The van der Waals surface area contributed by atoms with Gasteiger partial charge in [-0.2, -0.15) is 0 Å². The molecular formula is C20H24N2O4. The number of nitrogens with one attached hydrogen (secondary N) is 2. The Labute approximate surface area is 153 Å². The Morgan fingerprint density at radius 2 is 1.58 bits per heavy atom. The van der Waals surface area contributed by atoms with Crippen molar-refractivity contribution in [3.63, 3.8) is 0 Å². The Morgan fingerprint density at radius 1 is 0.962 bits per heavy atom. The number of anilines is 1. The van der Waals surface area contributed by atoms with Crippen molar-refractivity contribution in [1.82, 2.24) is 5.32 Å². The Hall–Kier alpha value is -3.02. The largest absolute Gasteiger partial charge is 0.467 e. The number of hydrogen-bond donors (Lipinski definition) is 2. The van der Waals surface area contributed by atoms with Crippen LogP contribution in [0, 0.1) is 5.92 Å². The van der Waals surface area contributed by atoms with E-state index in [1.807, 2.05) is 44.2 Å². The normalized spacial score (nSPS) is 11.5. The molecule has 2 N–H and O–H groups in total. The lowest BCUT2D eigenvalue weighted by Crippen LogP contribution is -2.44. The lowest BCUT2D eigenvalue weighted by molar-refractivity contribution is -0.143. The van der Waals surface area contributed by atoms with Gasteiger partial charge in [0.1, 0.15) is 17.5 Å². The first-order valence-corrected chi connectivity index (χ1v) is 8.46. The van der Waals surface area contributed by atoms with Gasteiger partial charge in [-0.25, -0.2) is 9.59 Å². The number of carbonyl (C=O) groups is 2. The van der Waals surface area contributed by atoms with Gasteiger partial charge >= 0.3 is 12.0 Å². The number of carbonyl (C=O) groups excluding carboxylic acids is 2. The summed E-state index contributed by atoms with van der Waals surface area (Å²) in [7, 11) is 1.31. The van der Waals surface area contributed by atoms with Gasteiger partial charge in [0.25, 0.3) is 0 Å². The Bertz CT molecular complexity index is 714. The van der Waals surface area contributed by atoms with Crippen LogP contribution in [-0.4, -0.2) is 25.2 Å². The van der Waals surface area contributed by atoms with E-state index in [4.69, 9.17) is 9.47 Å². The van der Waals surface area contributed by atoms with Crippen molar-refractivity contribution in [1.29, 1.82) is 0 Å². The van der Waals surface area contributed by atoms with Gasteiger partial charge in [-0.3, -0.25) is 0 Å². The van der Waals surface area contributed by atoms with E-state index in [9.17, 15) is 9.59 Å². The zero-order valence-electron chi connectivity index (χ0n) is 15.2. The van der Waals surface area contributed by atoms with Crippen LogP contribution in [0.1, 0.15) is 20.3 Å². The fourth-order valence-electron chi connectivity index (χ4n) is 2.38. The van der Waals surface area contributed by atoms with Crippen molar-refractivity contribution in [2.45, 2.75) is 26.3 Å². The summed E-state index contributed by atoms with van der Waals surface area (Å²) < 4.78 is 10.4. The van der Waals surface area contributed by atoms with Crippen LogP contribution in [0.4, 0.5) is 10.5 Å². The maximum Gasteiger partial charge on any atom is 0.328 e. The fourth-order valence-corrected chi connectivity index (χ4v) is 2.38. The third-order valence-electron chi connectivity index (χ3n) is 3.59. The van der Waals surface area contributed by atoms with Crippen LogP contribution >= 0.6 is 0 Å². The van der Waals surface area contributed by atoms with Crippen LogP contribution in [-0.2, 0) is 9.53 Å². The molecule has 0 aliphatic rings. The Balaban J connectivity index is 1.92. The number of esters is 1. The zero-order valence-corrected chi connectivity index (χ0v) is 15.2. The first-order valence-electron chi connectivity index (χ1n) is 8.46. The average Bonchev–Trinajstić information content (AvgIpc) is 2.62. The summed E-state index contributed by atoms with van der Waals surface area (Å²) in [4.78, 5) is 23.9. The van der Waals surface area contributed by atoms with Crippen molar-refractivity contribution < 1.29 is 19.1 Å². The monoisotopic (exact) mass is 356 g/mol. The molecule has 0 aromatic heterocycles. The number of amides is 2. The predicted octanol–water partition coefficient (Wildman–Crippen LogP) is 4.19. The van der Waals surface area contributed by atoms with Crippen LogP contribution in [0.3, 0.4) is 0 Å². The third kappa shape index (κ3) is 6.12. The third-order valence-corrected chi connectivity index (χ3v) is 3.59. The number of methoxy groups -OCH3 is 1. The highest BCUT2D eigenvalue weighted by Gasteiger charge is 2.22. The second-order valence-electron chi connectivity index (χ2n) is 6.24. The Kier molecular flexibility index (Phi) is 7.02. The molecule has 1 atom stereocenters. The van der Waals surface area contributed by atoms with Crippen LogP contribution in [0.5, 0.6) is 11.5 Å². The van der Waals surface area contributed by atoms with E-state index in [0.29, 0.717) is 17.9 Å². The quantitative estimate of drug-likeness (QED) is 0.730. The van der Waals surface area contributed by atoms with Crippen molar-refractivity contribution in [3.8, 4) is 11.5 Å². The van der Waals surface area contributed by atoms with E-state index in [1.54, 1.807) is 24.3 Å². The number of ether oxygens (including phenoxy) is 2. The van der Waals surface area contributed by atoms with Crippen LogP contribution in [0.25, 0.3) is 0 Å². The molecular weight excluding hydrogens is 332 g/mol. The maximum absolute atomic E-state index is 12.1. The van der Waals surface area contributed by atoms with Gasteiger partial charge in [0, 0.05) is 5.69 Å². The van der Waals surface area contributed by atoms with Crippen LogP contribution in [0.2, 0.25) is 0 Å². The molecule has 2 amide bonds. The van der Waals surface area contributed by atoms with E-state index in [1.165, 1.54) is 7.11 Å². The first kappa shape index (κ1) is 19.3. The fraction of sp³-hybridized carbons (Fsp3) is 0.300. The van der Waals surface area contributed by atoms with E-state index in [0.717, 1.165) is 5.75 Å². The van der Waals surface area contributed by atoms with Crippen molar-refractivity contribution in [3.05, 3.63) is 54.6 Å². The lowest BCUT2D eigenvalue weighted by atomic mass is 10.0. The van der Waals surface area contributed by atoms with E-state index < -0.39 is 18.0 Å². The van der Waals surface area contributed by atoms with E-state index >= 15 is 0 Å². The smallest absolute Gasteiger partial charge is 0.328 e. The van der Waals surface area contributed by atoms with E-state index in [2.05, 4.69) is 10.6 Å². The second-order valence-corrected chi connectivity index (χ2v) is 6.24. The maximum atomic E-state index is 12.1. The molecule has 0 saturated heterocycles. The molecule has 0 radical (unpaired) electrons. The molecule has 2 aromatic carbocycles. The summed E-state index contributed by atoms with van der Waals surface area (Å²) in [6.45, 7) is 3.95. The molecule has 0 fully saturated rings. The summed E-state index contributed by atoms with van der Waals surface area (Å²) in [6, 6.07) is 15.3. The summed E-state index contributed by atoms with van der Waals surface area (Å²) in [5.41, 5.74) is 0.594. The highest BCUT2D eigenvalue weighted by atomic mass is 16.5. The summed E-state index contributed by atoms with van der Waals surface area (Å²) in [5.74, 6) is 1.18. The van der Waals surface area contributed by atoms with Gasteiger partial charge in [0.15, 0.2) is 0 Å². The molecule has 2 aromatic rings. The predicted molar refractivity (Wildman–Crippen MR) is 100 cm³/mol. The number of benzene rings is 2. The van der Waals surface area contributed by atoms with Crippen molar-refractivity contribution in [2.24, 2.45) is 5.92 Å². The summed E-state index contributed by atoms with van der Waals surface area (Å²) >= 11 is 0. The molecule has 0 unspecified atom stereocenters. The van der Waals surface area contributed by atoms with Crippen LogP contribution < -0.4 is 15.4 Å². The molecule has 0 aliphatic heterocycles. The molecule has 0 heterocycles. The van der Waals surface area contributed by atoms with Gasteiger partial charge in [0.2, 0.25) is 0 Å². The molecule has 0 saturated carbocycles. The van der Waals surface area contributed by atoms with Gasteiger partial charge in [-0.1, -0.05) is 32.0 Å². The minimum absolute atomic E-state index is 0.244. The average molecular weight is 356 g/mol. The molecule has 2 rings (SSSR count). The number of para-hydroxylation sites is 1.